The Bertz CT molecular complexity index is 487. The molecule has 0 bridgehead atoms. The molecule has 1 aliphatic rings. The van der Waals surface area contributed by atoms with Gasteiger partial charge >= 0.3 is 0 Å². The second-order valence-corrected chi connectivity index (χ2v) is 6.37. The molecule has 1 amide bonds. The minimum absolute atomic E-state index is 0.00348. The molecule has 0 spiro atoms. The lowest BCUT2D eigenvalue weighted by Gasteiger charge is -2.16. The van der Waals surface area contributed by atoms with Crippen LogP contribution in [0.25, 0.3) is 0 Å². The van der Waals surface area contributed by atoms with Crippen LogP contribution in [-0.2, 0) is 4.79 Å². The van der Waals surface area contributed by atoms with Crippen molar-refractivity contribution in [1.82, 2.24) is 10.6 Å². The van der Waals surface area contributed by atoms with Gasteiger partial charge in [0.1, 0.15) is 5.75 Å². The molecule has 5 heteroatoms. The summed E-state index contributed by atoms with van der Waals surface area (Å²) in [5.41, 5.74) is 1.06. The number of ether oxygens (including phenoxy) is 1. The minimum Gasteiger partial charge on any atom is -0.496 e. The van der Waals surface area contributed by atoms with Gasteiger partial charge in [-0.2, -0.15) is 0 Å². The maximum atomic E-state index is 12.0. The van der Waals surface area contributed by atoms with Gasteiger partial charge in [-0.15, -0.1) is 0 Å². The van der Waals surface area contributed by atoms with Gasteiger partial charge in [0.25, 0.3) is 0 Å². The van der Waals surface area contributed by atoms with Crippen molar-refractivity contribution in [2.75, 3.05) is 13.7 Å². The number of carbonyl (C=O) groups is 1. The molecule has 1 fully saturated rings. The van der Waals surface area contributed by atoms with Crippen LogP contribution in [0.1, 0.15) is 44.2 Å². The fourth-order valence-electron chi connectivity index (χ4n) is 2.66. The molecular weight excluding hydrogens is 332 g/mol. The molecule has 0 aliphatic carbocycles. The number of methoxy groups -OCH3 is 1. The zero-order valence-corrected chi connectivity index (χ0v) is 14.2. The molecule has 2 atom stereocenters. The van der Waals surface area contributed by atoms with Crippen molar-refractivity contribution >= 4 is 21.8 Å². The van der Waals surface area contributed by atoms with Gasteiger partial charge < -0.3 is 15.4 Å². The molecule has 1 heterocycles. The van der Waals surface area contributed by atoms with Crippen LogP contribution in [-0.4, -0.2) is 25.6 Å². The van der Waals surface area contributed by atoms with Gasteiger partial charge in [-0.05, 0) is 66.4 Å². The summed E-state index contributed by atoms with van der Waals surface area (Å²) in [6, 6.07) is 6.39. The number of halogens is 1. The number of carbonyl (C=O) groups excluding carboxylic acids is 1. The van der Waals surface area contributed by atoms with Crippen molar-refractivity contribution in [2.24, 2.45) is 0 Å². The predicted octanol–water partition coefficient (Wildman–Crippen LogP) is 3.17. The molecule has 1 aliphatic heterocycles. The summed E-state index contributed by atoms with van der Waals surface area (Å²) in [5, 5.41) is 6.47. The third-order valence-electron chi connectivity index (χ3n) is 3.94. The van der Waals surface area contributed by atoms with Crippen LogP contribution in [0.4, 0.5) is 0 Å². The number of hydrogen-bond donors (Lipinski definition) is 2. The van der Waals surface area contributed by atoms with Crippen LogP contribution in [0, 0.1) is 0 Å². The van der Waals surface area contributed by atoms with E-state index in [1.807, 2.05) is 25.1 Å². The van der Waals surface area contributed by atoms with E-state index in [0.29, 0.717) is 12.5 Å². The van der Waals surface area contributed by atoms with Crippen molar-refractivity contribution in [3.05, 3.63) is 28.2 Å². The van der Waals surface area contributed by atoms with Crippen molar-refractivity contribution in [3.63, 3.8) is 0 Å². The lowest BCUT2D eigenvalue weighted by atomic mass is 10.1. The summed E-state index contributed by atoms with van der Waals surface area (Å²) < 4.78 is 6.12. The molecule has 0 radical (unpaired) electrons. The molecule has 1 aromatic carbocycles. The average Bonchev–Trinajstić information content (AvgIpc) is 2.98. The highest BCUT2D eigenvalue weighted by molar-refractivity contribution is 9.10. The third kappa shape index (κ3) is 4.71. The SMILES string of the molecule is COc1ccc(C(C)NC(=O)CCC2CCCN2)cc1Br. The van der Waals surface area contributed by atoms with E-state index in [1.54, 1.807) is 7.11 Å². The Morgan fingerprint density at radius 3 is 3.00 bits per heavy atom. The number of nitrogens with one attached hydrogen (secondary N) is 2. The Kier molecular flexibility index (Phi) is 6.06. The predicted molar refractivity (Wildman–Crippen MR) is 87.5 cm³/mol. The van der Waals surface area contributed by atoms with Gasteiger partial charge in [-0.1, -0.05) is 6.07 Å². The molecule has 1 aromatic rings. The highest BCUT2D eigenvalue weighted by Gasteiger charge is 2.16. The molecule has 2 N–H and O–H groups in total. The molecule has 2 unspecified atom stereocenters. The summed E-state index contributed by atoms with van der Waals surface area (Å²) in [7, 11) is 1.64. The highest BCUT2D eigenvalue weighted by atomic mass is 79.9. The normalized spacial score (nSPS) is 19.3. The number of hydrogen-bond acceptors (Lipinski definition) is 3. The van der Waals surface area contributed by atoms with E-state index >= 15 is 0 Å². The zero-order chi connectivity index (χ0) is 15.2. The van der Waals surface area contributed by atoms with Crippen LogP contribution in [0.5, 0.6) is 5.75 Å². The van der Waals surface area contributed by atoms with Gasteiger partial charge in [0.15, 0.2) is 0 Å². The quantitative estimate of drug-likeness (QED) is 0.824. The van der Waals surface area contributed by atoms with Crippen LogP contribution in [0.2, 0.25) is 0 Å². The van der Waals surface area contributed by atoms with E-state index in [2.05, 4.69) is 26.6 Å². The topological polar surface area (TPSA) is 50.4 Å². The Morgan fingerprint density at radius 2 is 2.38 bits per heavy atom. The lowest BCUT2D eigenvalue weighted by Crippen LogP contribution is -2.29. The van der Waals surface area contributed by atoms with Crippen molar-refractivity contribution in [3.8, 4) is 5.75 Å². The highest BCUT2D eigenvalue weighted by Crippen LogP contribution is 2.28. The van der Waals surface area contributed by atoms with E-state index in [9.17, 15) is 4.79 Å². The van der Waals surface area contributed by atoms with Crippen LogP contribution < -0.4 is 15.4 Å². The number of amides is 1. The van der Waals surface area contributed by atoms with Crippen LogP contribution >= 0.6 is 15.9 Å². The molecule has 2 rings (SSSR count). The standard InChI is InChI=1S/C16H23BrN2O2/c1-11(12-5-7-15(21-2)14(17)10-12)19-16(20)8-6-13-4-3-9-18-13/h5,7,10-11,13,18H,3-4,6,8-9H2,1-2H3,(H,19,20). The van der Waals surface area contributed by atoms with Crippen LogP contribution in [0.3, 0.4) is 0 Å². The van der Waals surface area contributed by atoms with Gasteiger partial charge in [0.2, 0.25) is 5.91 Å². The first-order valence-electron chi connectivity index (χ1n) is 7.46. The van der Waals surface area contributed by atoms with E-state index in [0.717, 1.165) is 28.8 Å². The summed E-state index contributed by atoms with van der Waals surface area (Å²) in [5.74, 6) is 0.910. The Balaban J connectivity index is 1.83. The first-order chi connectivity index (χ1) is 10.1. The second kappa shape index (κ2) is 7.80. The minimum atomic E-state index is -0.00348. The monoisotopic (exact) mass is 354 g/mol. The maximum absolute atomic E-state index is 12.0. The first-order valence-corrected chi connectivity index (χ1v) is 8.25. The number of rotatable bonds is 6. The van der Waals surface area contributed by atoms with Gasteiger partial charge in [0.05, 0.1) is 17.6 Å². The smallest absolute Gasteiger partial charge is 0.220 e. The summed E-state index contributed by atoms with van der Waals surface area (Å²) in [6.07, 6.45) is 3.92. The molecule has 0 saturated carbocycles. The van der Waals surface area contributed by atoms with E-state index < -0.39 is 0 Å². The first kappa shape index (κ1) is 16.3. The summed E-state index contributed by atoms with van der Waals surface area (Å²) >= 11 is 3.47. The number of benzene rings is 1. The van der Waals surface area contributed by atoms with Crippen molar-refractivity contribution < 1.29 is 9.53 Å². The summed E-state index contributed by atoms with van der Waals surface area (Å²) in [6.45, 7) is 3.09. The van der Waals surface area contributed by atoms with Gasteiger partial charge in [-0.25, -0.2) is 0 Å². The molecule has 1 saturated heterocycles. The van der Waals surface area contributed by atoms with Gasteiger partial charge in [0, 0.05) is 12.5 Å². The fourth-order valence-corrected chi connectivity index (χ4v) is 3.22. The Labute approximate surface area is 134 Å². The van der Waals surface area contributed by atoms with E-state index in [-0.39, 0.29) is 11.9 Å². The average molecular weight is 355 g/mol. The van der Waals surface area contributed by atoms with Crippen molar-refractivity contribution in [2.45, 2.75) is 44.7 Å². The summed E-state index contributed by atoms with van der Waals surface area (Å²) in [4.78, 5) is 12.0. The maximum Gasteiger partial charge on any atom is 0.220 e. The van der Waals surface area contributed by atoms with Gasteiger partial charge in [-0.3, -0.25) is 4.79 Å². The molecule has 4 nitrogen and oxygen atoms in total. The molecule has 21 heavy (non-hydrogen) atoms. The van der Waals surface area contributed by atoms with Crippen molar-refractivity contribution in [1.29, 1.82) is 0 Å². The molecular formula is C16H23BrN2O2. The largest absolute Gasteiger partial charge is 0.496 e. The Hall–Kier alpha value is -1.07. The van der Waals surface area contributed by atoms with E-state index in [1.165, 1.54) is 12.8 Å². The lowest BCUT2D eigenvalue weighted by molar-refractivity contribution is -0.121. The molecule has 116 valence electrons. The third-order valence-corrected chi connectivity index (χ3v) is 4.56. The van der Waals surface area contributed by atoms with Crippen LogP contribution in [0.15, 0.2) is 22.7 Å². The van der Waals surface area contributed by atoms with E-state index in [4.69, 9.17) is 4.74 Å². The molecule has 0 aromatic heterocycles. The second-order valence-electron chi connectivity index (χ2n) is 5.52. The Morgan fingerprint density at radius 1 is 1.57 bits per heavy atom. The fraction of sp³-hybridized carbons (Fsp3) is 0.562. The zero-order valence-electron chi connectivity index (χ0n) is 12.6.